The number of benzene rings is 1. The molecule has 1 aromatic rings. The van der Waals surface area contributed by atoms with Crippen LogP contribution in [0, 0.1) is 11.8 Å². The first-order chi connectivity index (χ1) is 34.2. The zero-order valence-electron chi connectivity index (χ0n) is 44.1. The standard InChI is InChI=1S/C57H81NO13Si/c1-31-23-36-18-20-42-32(2)24-35(63-42)15-13-14-22-57-30-56(7)52(70-57)51-50(68-56)49(69-57)48-43(67-51)21-19-37(65-48)25-34(59)26-41-45(28-44(64-36)33(31)3)66-46(47(41)62-8)27-38(71-72(9,10)55(4,5)6)29-58-53(60)39-16-11-12-17-40(39)54(58)61/h11-12,16-17,31,35-38,41-52H,2-3,13-15,18-30H2,1,4-10H3/t31-,35+,36+,37?,38+,41+,42?,43+,44-,45+,46?,47-,48+,49?,50+,51-,52?,56+,57-/m1/s1. The van der Waals surface area contributed by atoms with Crippen LogP contribution in [0.15, 0.2) is 48.6 Å². The predicted octanol–water partition coefficient (Wildman–Crippen LogP) is 8.98. The monoisotopic (exact) mass is 1020 g/mol. The highest BCUT2D eigenvalue weighted by molar-refractivity contribution is 6.74. The average molecular weight is 1020 g/mol. The van der Waals surface area contributed by atoms with Gasteiger partial charge in [-0.2, -0.15) is 0 Å². The average Bonchev–Trinajstić information content (AvgIpc) is 4.02. The molecule has 1 aromatic carbocycles. The molecular formula is C57H81NO13Si. The van der Waals surface area contributed by atoms with Gasteiger partial charge in [-0.05, 0) is 106 Å². The lowest BCUT2D eigenvalue weighted by Crippen LogP contribution is -2.61. The van der Waals surface area contributed by atoms with E-state index in [0.29, 0.717) is 36.8 Å². The fourth-order valence-corrected chi connectivity index (χ4v) is 15.7. The van der Waals surface area contributed by atoms with E-state index in [1.165, 1.54) is 4.90 Å². The molecule has 10 fully saturated rings. The molecule has 15 heteroatoms. The predicted molar refractivity (Wildman–Crippen MR) is 269 cm³/mol. The quantitative estimate of drug-likeness (QED) is 0.146. The first-order valence-electron chi connectivity index (χ1n) is 27.6. The fourth-order valence-electron chi connectivity index (χ4n) is 14.3. The molecule has 0 aliphatic carbocycles. The van der Waals surface area contributed by atoms with E-state index in [1.54, 1.807) is 31.4 Å². The Hall–Kier alpha value is -2.67. The molecule has 0 N–H and O–H groups in total. The third kappa shape index (κ3) is 9.42. The number of amides is 2. The second kappa shape index (κ2) is 19.4. The van der Waals surface area contributed by atoms with Crippen LogP contribution in [0.3, 0.4) is 0 Å². The second-order valence-corrected chi connectivity index (χ2v) is 30.0. The summed E-state index contributed by atoms with van der Waals surface area (Å²) in [6, 6.07) is 6.98. The summed E-state index contributed by atoms with van der Waals surface area (Å²) in [7, 11) is -0.780. The van der Waals surface area contributed by atoms with Gasteiger partial charge in [0.1, 0.15) is 41.9 Å². The minimum atomic E-state index is -2.47. The Bertz CT molecular complexity index is 2250. The van der Waals surface area contributed by atoms with Crippen molar-refractivity contribution in [3.63, 3.8) is 0 Å². The van der Waals surface area contributed by atoms with Gasteiger partial charge in [0.05, 0.1) is 78.7 Å². The summed E-state index contributed by atoms with van der Waals surface area (Å²) in [6.45, 7) is 24.4. The van der Waals surface area contributed by atoms with Crippen LogP contribution in [0.25, 0.3) is 0 Å². The lowest BCUT2D eigenvalue weighted by Gasteiger charge is -2.47. The van der Waals surface area contributed by atoms with Crippen molar-refractivity contribution in [3.8, 4) is 0 Å². The van der Waals surface area contributed by atoms with Gasteiger partial charge in [-0.3, -0.25) is 19.3 Å². The first kappa shape index (κ1) is 51.4. The van der Waals surface area contributed by atoms with E-state index in [2.05, 4.69) is 60.9 Å². The molecule has 0 saturated carbocycles. The van der Waals surface area contributed by atoms with Crippen molar-refractivity contribution in [3.05, 3.63) is 59.7 Å². The summed E-state index contributed by atoms with van der Waals surface area (Å²) in [5.74, 6) is -1.48. The van der Waals surface area contributed by atoms with Gasteiger partial charge in [-0.1, -0.05) is 59.4 Å². The number of carbonyl (C=O) groups excluding carboxylic acids is 3. The maximum Gasteiger partial charge on any atom is 0.261 e. The van der Waals surface area contributed by atoms with Gasteiger partial charge < -0.3 is 47.1 Å². The van der Waals surface area contributed by atoms with Gasteiger partial charge in [-0.25, -0.2) is 0 Å². The molecule has 11 aliphatic heterocycles. The van der Waals surface area contributed by atoms with Gasteiger partial charge in [0.25, 0.3) is 11.8 Å². The zero-order chi connectivity index (χ0) is 50.6. The maximum absolute atomic E-state index is 14.8. The van der Waals surface area contributed by atoms with Crippen molar-refractivity contribution in [1.29, 1.82) is 0 Å². The molecule has 0 aromatic heterocycles. The second-order valence-electron chi connectivity index (χ2n) is 25.2. The van der Waals surface area contributed by atoms with Gasteiger partial charge in [0.2, 0.25) is 0 Å². The Morgan fingerprint density at radius 1 is 0.778 bits per heavy atom. The number of carbonyl (C=O) groups is 3. The number of nitrogens with zero attached hydrogens (tertiary/aromatic N) is 1. The molecule has 19 atom stereocenters. The molecule has 5 unspecified atom stereocenters. The minimum Gasteiger partial charge on any atom is -0.412 e. The number of fused-ring (bicyclic) bond motifs is 7. The Labute approximate surface area is 427 Å². The number of hydrogen-bond acceptors (Lipinski definition) is 13. The third-order valence-electron chi connectivity index (χ3n) is 19.1. The maximum atomic E-state index is 14.8. The molecule has 12 bridgehead atoms. The summed E-state index contributed by atoms with van der Waals surface area (Å²) in [6.07, 6.45) is 6.15. The van der Waals surface area contributed by atoms with E-state index in [9.17, 15) is 14.4 Å². The SMILES string of the molecule is C=C1C[C@@H]2CCCC[C@@]34C[C@]5(C)O[C@H]6C(O3)[C@H]3OC(CC[C@@H]3O[C@H]6C5O4)CC(=O)C[C@H]3[C@H](C[C@H]4O[C@@H](CCC1O2)C[C@@H](C)C4=C)OC(C[C@@H](CN1C(=O)c2ccccc2C1=O)O[Si](C)(C)C(C)(C)C)[C@@H]3OC. The molecule has 72 heavy (non-hydrogen) atoms. The molecule has 396 valence electrons. The summed E-state index contributed by atoms with van der Waals surface area (Å²) in [5, 5.41) is -0.156. The van der Waals surface area contributed by atoms with Crippen LogP contribution in [0.5, 0.6) is 0 Å². The molecule has 10 saturated heterocycles. The van der Waals surface area contributed by atoms with Crippen molar-refractivity contribution in [2.24, 2.45) is 11.8 Å². The van der Waals surface area contributed by atoms with Gasteiger partial charge in [0.15, 0.2) is 14.1 Å². The number of ether oxygens (including phenoxy) is 9. The van der Waals surface area contributed by atoms with E-state index in [-0.39, 0.29) is 115 Å². The Kier molecular flexibility index (Phi) is 13.9. The van der Waals surface area contributed by atoms with Crippen molar-refractivity contribution in [1.82, 2.24) is 4.90 Å². The summed E-state index contributed by atoms with van der Waals surface area (Å²) < 4.78 is 69.3. The Morgan fingerprint density at radius 3 is 2.22 bits per heavy atom. The van der Waals surface area contributed by atoms with E-state index >= 15 is 0 Å². The molecule has 12 rings (SSSR count). The van der Waals surface area contributed by atoms with Gasteiger partial charge in [0, 0.05) is 51.6 Å². The van der Waals surface area contributed by atoms with Crippen LogP contribution in [-0.4, -0.2) is 147 Å². The van der Waals surface area contributed by atoms with Crippen LogP contribution in [0.4, 0.5) is 0 Å². The third-order valence-corrected chi connectivity index (χ3v) is 23.6. The van der Waals surface area contributed by atoms with Gasteiger partial charge >= 0.3 is 0 Å². The lowest BCUT2D eigenvalue weighted by atomic mass is 9.81. The molecule has 11 aliphatic rings. The van der Waals surface area contributed by atoms with E-state index in [0.717, 1.165) is 68.9 Å². The molecule has 11 heterocycles. The molecular weight excluding hydrogens is 935 g/mol. The Morgan fingerprint density at radius 2 is 1.49 bits per heavy atom. The van der Waals surface area contributed by atoms with Crippen molar-refractivity contribution >= 4 is 25.9 Å². The van der Waals surface area contributed by atoms with Crippen molar-refractivity contribution < 1.29 is 61.4 Å². The van der Waals surface area contributed by atoms with Crippen LogP contribution in [0.1, 0.15) is 152 Å². The van der Waals surface area contributed by atoms with Crippen molar-refractivity contribution in [2.75, 3.05) is 13.7 Å². The largest absolute Gasteiger partial charge is 0.412 e. The smallest absolute Gasteiger partial charge is 0.261 e. The van der Waals surface area contributed by atoms with Crippen LogP contribution >= 0.6 is 0 Å². The molecule has 1 spiro atoms. The Balaban J connectivity index is 0.877. The first-order valence-corrected chi connectivity index (χ1v) is 30.5. The highest BCUT2D eigenvalue weighted by Gasteiger charge is 2.73. The number of Topliss-reactive ketones (excluding diaryl/α,β-unsaturated/α-hetero) is 1. The van der Waals surface area contributed by atoms with Crippen LogP contribution in [0.2, 0.25) is 18.1 Å². The number of ketones is 1. The molecule has 2 amide bonds. The molecule has 14 nitrogen and oxygen atoms in total. The van der Waals surface area contributed by atoms with E-state index in [1.807, 2.05) is 0 Å². The van der Waals surface area contributed by atoms with Gasteiger partial charge in [-0.15, -0.1) is 0 Å². The number of methoxy groups -OCH3 is 1. The lowest BCUT2D eigenvalue weighted by molar-refractivity contribution is -0.293. The van der Waals surface area contributed by atoms with E-state index < -0.39 is 50.2 Å². The summed E-state index contributed by atoms with van der Waals surface area (Å²) in [4.78, 5) is 43.8. The highest BCUT2D eigenvalue weighted by Crippen LogP contribution is 2.58. The highest BCUT2D eigenvalue weighted by atomic mass is 28.4. The van der Waals surface area contributed by atoms with E-state index in [4.69, 9.17) is 47.1 Å². The number of rotatable bonds is 7. The normalized spacial score (nSPS) is 43.8. The summed E-state index contributed by atoms with van der Waals surface area (Å²) in [5.41, 5.74) is 2.48. The van der Waals surface area contributed by atoms with Crippen LogP contribution in [-0.2, 0) is 51.9 Å². The molecule has 0 radical (unpaired) electrons. The fraction of sp³-hybridized carbons (Fsp3) is 0.772. The minimum absolute atomic E-state index is 0.00439. The van der Waals surface area contributed by atoms with Crippen LogP contribution < -0.4 is 0 Å². The number of hydrogen-bond donors (Lipinski definition) is 0. The topological polar surface area (TPSA) is 147 Å². The zero-order valence-corrected chi connectivity index (χ0v) is 45.1. The summed E-state index contributed by atoms with van der Waals surface area (Å²) >= 11 is 0. The van der Waals surface area contributed by atoms with Crippen molar-refractivity contribution in [2.45, 2.75) is 252 Å². The number of imide groups is 1.